The van der Waals surface area contributed by atoms with Gasteiger partial charge in [0.05, 0.1) is 34.7 Å². The Bertz CT molecular complexity index is 1260. The highest BCUT2D eigenvalue weighted by Crippen LogP contribution is 2.31. The lowest BCUT2D eigenvalue weighted by Crippen LogP contribution is -2.06. The van der Waals surface area contributed by atoms with Gasteiger partial charge in [-0.1, -0.05) is 0 Å². The third-order valence-electron chi connectivity index (χ3n) is 4.54. The molecule has 3 aromatic heterocycles. The normalized spacial score (nSPS) is 11.1. The van der Waals surface area contributed by atoms with Crippen LogP contribution >= 0.6 is 0 Å². The molecule has 3 N–H and O–H groups in total. The van der Waals surface area contributed by atoms with E-state index in [0.717, 1.165) is 10.9 Å². The number of aromatic carboxylic acids is 1. The topological polar surface area (TPSA) is 122 Å². The van der Waals surface area contributed by atoms with Gasteiger partial charge in [0, 0.05) is 11.1 Å². The van der Waals surface area contributed by atoms with Gasteiger partial charge in [0.1, 0.15) is 17.3 Å². The van der Waals surface area contributed by atoms with Gasteiger partial charge in [-0.2, -0.15) is 15.5 Å². The second kappa shape index (κ2) is 5.32. The predicted molar refractivity (Wildman–Crippen MR) is 95.4 cm³/mol. The smallest absolute Gasteiger partial charge is 0.337 e. The Balaban J connectivity index is 2.21. The molecule has 0 bridgehead atoms. The molecule has 0 aliphatic carbocycles. The molecule has 0 spiro atoms. The number of aromatic nitrogens is 4. The van der Waals surface area contributed by atoms with Crippen LogP contribution in [0.2, 0.25) is 0 Å². The summed E-state index contributed by atoms with van der Waals surface area (Å²) in [5.41, 5.74) is 9.71. The number of anilines is 1. The summed E-state index contributed by atoms with van der Waals surface area (Å²) in [5.74, 6) is -1.04. The molecular formula is C18H14N6O2. The zero-order valence-electron chi connectivity index (χ0n) is 14.1. The maximum Gasteiger partial charge on any atom is 0.337 e. The minimum Gasteiger partial charge on any atom is -0.478 e. The number of nitriles is 1. The molecule has 0 saturated heterocycles. The van der Waals surface area contributed by atoms with Crippen molar-refractivity contribution in [1.29, 1.82) is 5.26 Å². The lowest BCUT2D eigenvalue weighted by molar-refractivity contribution is 0.0695. The average molecular weight is 346 g/mol. The molecule has 1 aromatic carbocycles. The van der Waals surface area contributed by atoms with Crippen LogP contribution in [0.3, 0.4) is 0 Å². The molecule has 0 radical (unpaired) electrons. The molecule has 0 atom stereocenters. The van der Waals surface area contributed by atoms with E-state index in [2.05, 4.69) is 16.3 Å². The summed E-state index contributed by atoms with van der Waals surface area (Å²) in [7, 11) is 0. The van der Waals surface area contributed by atoms with Gasteiger partial charge >= 0.3 is 5.97 Å². The molecule has 0 amide bonds. The summed E-state index contributed by atoms with van der Waals surface area (Å²) in [4.78, 5) is 11.7. The van der Waals surface area contributed by atoms with Crippen molar-refractivity contribution in [3.8, 4) is 11.8 Å². The number of fused-ring (bicyclic) bond motifs is 2. The van der Waals surface area contributed by atoms with E-state index in [4.69, 9.17) is 5.73 Å². The molecule has 3 heterocycles. The number of nitrogens with zero attached hydrogens (tertiary/aromatic N) is 5. The summed E-state index contributed by atoms with van der Waals surface area (Å²) in [6.07, 6.45) is 3.09. The number of carboxylic acid groups (broad SMARTS) is 1. The molecule has 4 aromatic rings. The van der Waals surface area contributed by atoms with E-state index < -0.39 is 5.97 Å². The number of benzene rings is 1. The van der Waals surface area contributed by atoms with Crippen LogP contribution in [-0.2, 0) is 0 Å². The number of aryl methyl sites for hydroxylation is 2. The first kappa shape index (κ1) is 15.7. The molecule has 0 aliphatic rings. The van der Waals surface area contributed by atoms with Crippen LogP contribution < -0.4 is 5.73 Å². The van der Waals surface area contributed by atoms with Crippen LogP contribution in [0.15, 0.2) is 30.6 Å². The molecule has 0 fully saturated rings. The predicted octanol–water partition coefficient (Wildman–Crippen LogP) is 2.44. The lowest BCUT2D eigenvalue weighted by Gasteiger charge is -2.10. The molecule has 26 heavy (non-hydrogen) atoms. The number of nitrogen functional groups attached to an aromatic ring is 1. The van der Waals surface area contributed by atoms with Crippen LogP contribution in [0.1, 0.15) is 27.2 Å². The van der Waals surface area contributed by atoms with Gasteiger partial charge in [-0.05, 0) is 37.6 Å². The van der Waals surface area contributed by atoms with Gasteiger partial charge in [-0.3, -0.25) is 0 Å². The largest absolute Gasteiger partial charge is 0.478 e. The van der Waals surface area contributed by atoms with Crippen LogP contribution in [-0.4, -0.2) is 30.5 Å². The van der Waals surface area contributed by atoms with Crippen molar-refractivity contribution < 1.29 is 9.90 Å². The molecule has 128 valence electrons. The fourth-order valence-corrected chi connectivity index (χ4v) is 3.37. The molecule has 4 rings (SSSR count). The number of carboxylic acids is 1. The summed E-state index contributed by atoms with van der Waals surface area (Å²) >= 11 is 0. The Morgan fingerprint density at radius 3 is 2.73 bits per heavy atom. The van der Waals surface area contributed by atoms with Crippen LogP contribution in [0, 0.1) is 25.2 Å². The van der Waals surface area contributed by atoms with Crippen LogP contribution in [0.5, 0.6) is 0 Å². The van der Waals surface area contributed by atoms with Crippen LogP contribution in [0.25, 0.3) is 22.1 Å². The zero-order valence-corrected chi connectivity index (χ0v) is 14.1. The van der Waals surface area contributed by atoms with Crippen molar-refractivity contribution in [2.45, 2.75) is 13.8 Å². The third-order valence-corrected chi connectivity index (χ3v) is 4.54. The van der Waals surface area contributed by atoms with Crippen molar-refractivity contribution in [3.05, 3.63) is 53.0 Å². The van der Waals surface area contributed by atoms with E-state index in [0.29, 0.717) is 33.7 Å². The van der Waals surface area contributed by atoms with Gasteiger partial charge in [-0.15, -0.1) is 0 Å². The van der Waals surface area contributed by atoms with Crippen LogP contribution in [0.4, 0.5) is 5.69 Å². The number of rotatable bonds is 2. The standard InChI is InChI=1S/C18H14N6O2/c1-9-15(18(25)26)10(2)23-16(9)17(12(6-19)8-21-23)24-14-5-13(20)4-3-11(14)7-22-24/h3-5,7-8H,20H2,1-2H3,(H,25,26). The summed E-state index contributed by atoms with van der Waals surface area (Å²) < 4.78 is 3.15. The molecule has 8 heteroatoms. The van der Waals surface area contributed by atoms with Crippen molar-refractivity contribution in [1.82, 2.24) is 19.4 Å². The summed E-state index contributed by atoms with van der Waals surface area (Å²) in [6.45, 7) is 3.39. The van der Waals surface area contributed by atoms with E-state index in [1.165, 1.54) is 10.7 Å². The monoisotopic (exact) mass is 346 g/mol. The van der Waals surface area contributed by atoms with E-state index >= 15 is 0 Å². The number of nitrogens with two attached hydrogens (primary N) is 1. The SMILES string of the molecule is Cc1c(C(=O)O)c(C)n2ncc(C#N)c(-n3ncc4ccc(N)cc43)c12. The highest BCUT2D eigenvalue weighted by atomic mass is 16.4. The quantitative estimate of drug-likeness (QED) is 0.538. The maximum atomic E-state index is 11.7. The van der Waals surface area contributed by atoms with Crippen molar-refractivity contribution in [2.24, 2.45) is 0 Å². The Morgan fingerprint density at radius 1 is 1.27 bits per heavy atom. The highest BCUT2D eigenvalue weighted by molar-refractivity contribution is 5.96. The Kier molecular flexibility index (Phi) is 3.20. The first-order chi connectivity index (χ1) is 12.4. The number of hydrogen-bond acceptors (Lipinski definition) is 5. The molecule has 8 nitrogen and oxygen atoms in total. The summed E-state index contributed by atoms with van der Waals surface area (Å²) in [5, 5.41) is 28.7. The molecule has 0 aliphatic heterocycles. The number of hydrogen-bond donors (Lipinski definition) is 2. The van der Waals surface area contributed by atoms with Gasteiger partial charge in [0.15, 0.2) is 0 Å². The molecular weight excluding hydrogens is 332 g/mol. The third kappa shape index (κ3) is 1.97. The Morgan fingerprint density at radius 2 is 2.04 bits per heavy atom. The fraction of sp³-hybridized carbons (Fsp3) is 0.111. The average Bonchev–Trinajstić information content (AvgIpc) is 3.13. The number of carbonyl (C=O) groups is 1. The van der Waals surface area contributed by atoms with E-state index in [-0.39, 0.29) is 5.56 Å². The Hall–Kier alpha value is -3.86. The van der Waals surface area contributed by atoms with E-state index in [9.17, 15) is 15.2 Å². The second-order valence-electron chi connectivity index (χ2n) is 6.04. The van der Waals surface area contributed by atoms with Gasteiger partial charge in [-0.25, -0.2) is 14.0 Å². The van der Waals surface area contributed by atoms with E-state index in [1.807, 2.05) is 6.07 Å². The first-order valence-electron chi connectivity index (χ1n) is 7.82. The van der Waals surface area contributed by atoms with Gasteiger partial charge < -0.3 is 10.8 Å². The van der Waals surface area contributed by atoms with Gasteiger partial charge in [0.2, 0.25) is 0 Å². The summed E-state index contributed by atoms with van der Waals surface area (Å²) in [6, 6.07) is 7.51. The molecule has 0 unspecified atom stereocenters. The second-order valence-corrected chi connectivity index (χ2v) is 6.04. The molecule has 0 saturated carbocycles. The van der Waals surface area contributed by atoms with Gasteiger partial charge in [0.25, 0.3) is 0 Å². The Labute approximate surface area is 147 Å². The van der Waals surface area contributed by atoms with Crippen molar-refractivity contribution in [2.75, 3.05) is 5.73 Å². The minimum absolute atomic E-state index is 0.171. The lowest BCUT2D eigenvalue weighted by atomic mass is 10.1. The van der Waals surface area contributed by atoms with Crippen molar-refractivity contribution in [3.63, 3.8) is 0 Å². The minimum atomic E-state index is -1.04. The zero-order chi connectivity index (χ0) is 18.6. The van der Waals surface area contributed by atoms with E-state index in [1.54, 1.807) is 36.9 Å². The fourth-order valence-electron chi connectivity index (χ4n) is 3.37. The maximum absolute atomic E-state index is 11.7. The highest BCUT2D eigenvalue weighted by Gasteiger charge is 2.24. The van der Waals surface area contributed by atoms with Crippen molar-refractivity contribution >= 4 is 28.1 Å². The first-order valence-corrected chi connectivity index (χ1v) is 7.82.